The van der Waals surface area contributed by atoms with Crippen LogP contribution in [0.5, 0.6) is 0 Å². The number of halogens is 3. The van der Waals surface area contributed by atoms with E-state index in [2.05, 4.69) is 29.8 Å². The number of amides is 2. The van der Waals surface area contributed by atoms with E-state index in [9.17, 15) is 9.59 Å². The first-order valence-corrected chi connectivity index (χ1v) is 14.6. The van der Waals surface area contributed by atoms with Gasteiger partial charge in [0.15, 0.2) is 0 Å². The zero-order valence-corrected chi connectivity index (χ0v) is 23.7. The van der Waals surface area contributed by atoms with Crippen LogP contribution in [0, 0.1) is 5.82 Å². The third-order valence-corrected chi connectivity index (χ3v) is 8.86. The highest BCUT2D eigenvalue weighted by molar-refractivity contribution is 6.31. The van der Waals surface area contributed by atoms with Crippen molar-refractivity contribution in [2.45, 2.75) is 101 Å². The van der Waals surface area contributed by atoms with Crippen LogP contribution in [0.4, 0.5) is 10.1 Å². The van der Waals surface area contributed by atoms with E-state index in [1.807, 2.05) is 6.07 Å². The Labute approximate surface area is 235 Å². The summed E-state index contributed by atoms with van der Waals surface area (Å²) in [6, 6.07) is 9.79. The lowest BCUT2D eigenvalue weighted by Gasteiger charge is -2.35. The smallest absolute Gasteiger partial charge is 0.238 e. The summed E-state index contributed by atoms with van der Waals surface area (Å²) < 4.78 is 15.7. The molecule has 1 aliphatic heterocycles. The minimum Gasteiger partial charge on any atom is -0.352 e. The van der Waals surface area contributed by atoms with Gasteiger partial charge in [0.25, 0.3) is 0 Å². The molecule has 1 saturated heterocycles. The first kappa shape index (κ1) is 28.8. The second kappa shape index (κ2) is 12.8. The van der Waals surface area contributed by atoms with E-state index in [0.717, 1.165) is 56.9 Å². The summed E-state index contributed by atoms with van der Waals surface area (Å²) in [5, 5.41) is 10.2. The van der Waals surface area contributed by atoms with Crippen LogP contribution in [0.25, 0.3) is 0 Å². The number of hydrogen-bond acceptors (Lipinski definition) is 3. The monoisotopic (exact) mass is 561 g/mol. The topological polar surface area (TPSA) is 70.2 Å². The maximum absolute atomic E-state index is 15.7. The molecule has 38 heavy (non-hydrogen) atoms. The number of carbonyl (C=O) groups is 2. The highest BCUT2D eigenvalue weighted by Crippen LogP contribution is 2.53. The molecule has 8 heteroatoms. The molecule has 0 aromatic heterocycles. The second-order valence-electron chi connectivity index (χ2n) is 11.0. The molecule has 1 heterocycles. The third kappa shape index (κ3) is 6.19. The number of anilines is 1. The number of unbranched alkanes of at least 4 members (excludes halogenated alkanes) is 2. The highest BCUT2D eigenvalue weighted by Gasteiger charge is 2.55. The Morgan fingerprint density at radius 2 is 1.89 bits per heavy atom. The summed E-state index contributed by atoms with van der Waals surface area (Å²) in [6.45, 7) is 4.26. The first-order chi connectivity index (χ1) is 18.3. The SMILES string of the molecule is CCCCCC1(C)N[C@@H](C(=O)NC2CCCCC2)[C@H](c2cccc(Cl)c2F)C1c1ccc(Cl)cc1NC=O. The fourth-order valence-electron chi connectivity index (χ4n) is 6.52. The lowest BCUT2D eigenvalue weighted by Crippen LogP contribution is -2.51. The molecule has 2 aromatic rings. The molecule has 0 bridgehead atoms. The van der Waals surface area contributed by atoms with Gasteiger partial charge in [0.1, 0.15) is 5.82 Å². The number of carbonyl (C=O) groups excluding carboxylic acids is 2. The zero-order chi connectivity index (χ0) is 27.3. The van der Waals surface area contributed by atoms with Gasteiger partial charge in [-0.2, -0.15) is 0 Å². The van der Waals surface area contributed by atoms with Crippen molar-refractivity contribution in [1.82, 2.24) is 10.6 Å². The molecule has 2 aromatic carbocycles. The van der Waals surface area contributed by atoms with Crippen molar-refractivity contribution in [2.24, 2.45) is 0 Å². The van der Waals surface area contributed by atoms with E-state index < -0.39 is 23.3 Å². The molecule has 2 fully saturated rings. The zero-order valence-electron chi connectivity index (χ0n) is 22.2. The first-order valence-electron chi connectivity index (χ1n) is 13.8. The molecule has 2 unspecified atom stereocenters. The summed E-state index contributed by atoms with van der Waals surface area (Å²) in [5.41, 5.74) is 1.20. The predicted molar refractivity (Wildman–Crippen MR) is 153 cm³/mol. The number of nitrogens with one attached hydrogen (secondary N) is 3. The van der Waals surface area contributed by atoms with Gasteiger partial charge in [-0.25, -0.2) is 4.39 Å². The quantitative estimate of drug-likeness (QED) is 0.210. The van der Waals surface area contributed by atoms with Gasteiger partial charge < -0.3 is 10.6 Å². The molecule has 2 amide bonds. The average molecular weight is 563 g/mol. The largest absolute Gasteiger partial charge is 0.352 e. The fourth-order valence-corrected chi connectivity index (χ4v) is 6.88. The predicted octanol–water partition coefficient (Wildman–Crippen LogP) is 7.33. The van der Waals surface area contributed by atoms with E-state index in [-0.39, 0.29) is 22.9 Å². The lowest BCUT2D eigenvalue weighted by atomic mass is 9.70. The Kier molecular flexibility index (Phi) is 9.72. The molecule has 4 atom stereocenters. The molecule has 206 valence electrons. The molecule has 5 nitrogen and oxygen atoms in total. The van der Waals surface area contributed by atoms with Crippen LogP contribution in [0.2, 0.25) is 10.0 Å². The van der Waals surface area contributed by atoms with Gasteiger partial charge in [0.05, 0.1) is 11.1 Å². The molecule has 3 N–H and O–H groups in total. The number of hydrogen-bond donors (Lipinski definition) is 3. The number of benzene rings is 2. The van der Waals surface area contributed by atoms with E-state index in [4.69, 9.17) is 23.2 Å². The third-order valence-electron chi connectivity index (χ3n) is 8.33. The Morgan fingerprint density at radius 3 is 2.61 bits per heavy atom. The average Bonchev–Trinajstić information content (AvgIpc) is 3.20. The Hall–Kier alpha value is -2.15. The standard InChI is InChI=1S/C30H38Cl2FN3O2/c1-3-4-8-16-30(2)26(21-15-14-19(31)17-24(21)34-18-37)25(22-12-9-13-23(32)27(22)33)28(36-30)29(38)35-20-10-6-5-7-11-20/h9,12-15,17-18,20,25-26,28,36H,3-8,10-11,16H2,1-2H3,(H,34,37)(H,35,38)/t25-,26?,28-,30?/m1/s1. The summed E-state index contributed by atoms with van der Waals surface area (Å²) in [4.78, 5) is 25.5. The Morgan fingerprint density at radius 1 is 1.13 bits per heavy atom. The maximum atomic E-state index is 15.7. The van der Waals surface area contributed by atoms with Crippen LogP contribution in [0.1, 0.15) is 94.6 Å². The van der Waals surface area contributed by atoms with Crippen molar-refractivity contribution in [3.8, 4) is 0 Å². The van der Waals surface area contributed by atoms with Gasteiger partial charge >= 0.3 is 0 Å². The molecular formula is C30H38Cl2FN3O2. The van der Waals surface area contributed by atoms with Crippen molar-refractivity contribution < 1.29 is 14.0 Å². The summed E-state index contributed by atoms with van der Waals surface area (Å²) in [7, 11) is 0. The van der Waals surface area contributed by atoms with Crippen LogP contribution < -0.4 is 16.0 Å². The van der Waals surface area contributed by atoms with Gasteiger partial charge in [0, 0.05) is 34.1 Å². The lowest BCUT2D eigenvalue weighted by molar-refractivity contribution is -0.124. The summed E-state index contributed by atoms with van der Waals surface area (Å²) >= 11 is 12.6. The summed E-state index contributed by atoms with van der Waals surface area (Å²) in [6.07, 6.45) is 9.72. The molecule has 4 rings (SSSR count). The van der Waals surface area contributed by atoms with Gasteiger partial charge in [-0.05, 0) is 55.5 Å². The van der Waals surface area contributed by atoms with Crippen LogP contribution in [-0.2, 0) is 9.59 Å². The molecule has 0 spiro atoms. The van der Waals surface area contributed by atoms with Crippen molar-refractivity contribution in [3.63, 3.8) is 0 Å². The van der Waals surface area contributed by atoms with Crippen molar-refractivity contribution >= 4 is 41.2 Å². The second-order valence-corrected chi connectivity index (χ2v) is 11.8. The van der Waals surface area contributed by atoms with Crippen LogP contribution in [-0.4, -0.2) is 29.9 Å². The maximum Gasteiger partial charge on any atom is 0.238 e. The number of rotatable bonds is 10. The molecule has 2 aliphatic rings. The molecule has 1 saturated carbocycles. The van der Waals surface area contributed by atoms with Gasteiger partial charge in [0.2, 0.25) is 12.3 Å². The highest BCUT2D eigenvalue weighted by atomic mass is 35.5. The molecular weight excluding hydrogens is 524 g/mol. The van der Waals surface area contributed by atoms with Crippen molar-refractivity contribution in [3.05, 3.63) is 63.4 Å². The van der Waals surface area contributed by atoms with Crippen LogP contribution in [0.3, 0.4) is 0 Å². The van der Waals surface area contributed by atoms with Gasteiger partial charge in [-0.1, -0.05) is 86.8 Å². The Balaban J connectivity index is 1.85. The van der Waals surface area contributed by atoms with Crippen molar-refractivity contribution in [2.75, 3.05) is 5.32 Å². The van der Waals surface area contributed by atoms with E-state index in [1.54, 1.807) is 24.3 Å². The molecule has 0 radical (unpaired) electrons. The fraction of sp³-hybridized carbons (Fsp3) is 0.533. The van der Waals surface area contributed by atoms with Crippen LogP contribution in [0.15, 0.2) is 36.4 Å². The van der Waals surface area contributed by atoms with Gasteiger partial charge in [-0.3, -0.25) is 14.9 Å². The molecule has 1 aliphatic carbocycles. The minimum atomic E-state index is -0.679. The van der Waals surface area contributed by atoms with E-state index in [0.29, 0.717) is 22.7 Å². The van der Waals surface area contributed by atoms with Crippen molar-refractivity contribution in [1.29, 1.82) is 0 Å². The normalized spacial score (nSPS) is 25.8. The summed E-state index contributed by atoms with van der Waals surface area (Å²) in [5.74, 6) is -1.53. The Bertz CT molecular complexity index is 1140. The van der Waals surface area contributed by atoms with Crippen LogP contribution >= 0.6 is 23.2 Å². The van der Waals surface area contributed by atoms with E-state index >= 15 is 4.39 Å². The van der Waals surface area contributed by atoms with E-state index in [1.165, 1.54) is 12.5 Å². The minimum absolute atomic E-state index is 0.0228. The van der Waals surface area contributed by atoms with Gasteiger partial charge in [-0.15, -0.1) is 0 Å².